The number of benzene rings is 1. The van der Waals surface area contributed by atoms with Crippen LogP contribution in [-0.2, 0) is 16.0 Å². The highest BCUT2D eigenvalue weighted by Crippen LogP contribution is 2.00. The standard InChI is InChI=1S/C15H22N2O2/c18-15(13-14-5-2-1-3-6-14)16-7-4-8-17-9-11-19-12-10-17/h1-3,5-6H,4,7-13H2,(H,16,18). The number of hydrogen-bond acceptors (Lipinski definition) is 3. The minimum atomic E-state index is 0.105. The molecule has 1 amide bonds. The van der Waals surface area contributed by atoms with E-state index in [2.05, 4.69) is 10.2 Å². The molecule has 1 N–H and O–H groups in total. The van der Waals surface area contributed by atoms with Gasteiger partial charge in [-0.3, -0.25) is 9.69 Å². The van der Waals surface area contributed by atoms with E-state index in [1.807, 2.05) is 30.3 Å². The summed E-state index contributed by atoms with van der Waals surface area (Å²) in [7, 11) is 0. The lowest BCUT2D eigenvalue weighted by Gasteiger charge is -2.26. The molecular formula is C15H22N2O2. The Labute approximate surface area is 114 Å². The van der Waals surface area contributed by atoms with Gasteiger partial charge in [-0.25, -0.2) is 0 Å². The van der Waals surface area contributed by atoms with E-state index in [1.54, 1.807) is 0 Å². The summed E-state index contributed by atoms with van der Waals surface area (Å²) in [5.41, 5.74) is 1.06. The fourth-order valence-corrected chi connectivity index (χ4v) is 2.20. The van der Waals surface area contributed by atoms with Gasteiger partial charge in [0.25, 0.3) is 0 Å². The monoisotopic (exact) mass is 262 g/mol. The number of morpholine rings is 1. The van der Waals surface area contributed by atoms with Crippen molar-refractivity contribution < 1.29 is 9.53 Å². The second kappa shape index (κ2) is 7.92. The first-order valence-corrected chi connectivity index (χ1v) is 6.95. The number of carbonyl (C=O) groups excluding carboxylic acids is 1. The second-order valence-corrected chi connectivity index (χ2v) is 4.82. The molecule has 2 rings (SSSR count). The molecule has 1 aromatic rings. The summed E-state index contributed by atoms with van der Waals surface area (Å²) in [6, 6.07) is 9.84. The molecule has 1 aliphatic heterocycles. The number of nitrogens with one attached hydrogen (secondary N) is 1. The van der Waals surface area contributed by atoms with Gasteiger partial charge in [0.05, 0.1) is 19.6 Å². The highest BCUT2D eigenvalue weighted by Gasteiger charge is 2.09. The first kappa shape index (κ1) is 14.0. The van der Waals surface area contributed by atoms with Crippen LogP contribution in [0.15, 0.2) is 30.3 Å². The van der Waals surface area contributed by atoms with Crippen LogP contribution in [0.4, 0.5) is 0 Å². The predicted molar refractivity (Wildman–Crippen MR) is 75.0 cm³/mol. The summed E-state index contributed by atoms with van der Waals surface area (Å²) in [4.78, 5) is 14.1. The van der Waals surface area contributed by atoms with Crippen LogP contribution >= 0.6 is 0 Å². The lowest BCUT2D eigenvalue weighted by Crippen LogP contribution is -2.38. The van der Waals surface area contributed by atoms with Crippen molar-refractivity contribution in [2.24, 2.45) is 0 Å². The highest BCUT2D eigenvalue weighted by atomic mass is 16.5. The third kappa shape index (κ3) is 5.41. The van der Waals surface area contributed by atoms with E-state index in [4.69, 9.17) is 4.74 Å². The van der Waals surface area contributed by atoms with Crippen LogP contribution in [0.25, 0.3) is 0 Å². The Morgan fingerprint density at radius 3 is 2.68 bits per heavy atom. The van der Waals surface area contributed by atoms with Crippen LogP contribution in [0.5, 0.6) is 0 Å². The molecule has 104 valence electrons. The Morgan fingerprint density at radius 1 is 1.21 bits per heavy atom. The third-order valence-electron chi connectivity index (χ3n) is 3.28. The van der Waals surface area contributed by atoms with Crippen molar-refractivity contribution in [2.75, 3.05) is 39.4 Å². The summed E-state index contributed by atoms with van der Waals surface area (Å²) in [6.45, 7) is 5.48. The zero-order valence-corrected chi connectivity index (χ0v) is 11.3. The maximum Gasteiger partial charge on any atom is 0.224 e. The quantitative estimate of drug-likeness (QED) is 0.780. The Bertz CT molecular complexity index is 375. The number of ether oxygens (including phenoxy) is 1. The molecule has 19 heavy (non-hydrogen) atoms. The second-order valence-electron chi connectivity index (χ2n) is 4.82. The molecule has 0 unspecified atom stereocenters. The van der Waals surface area contributed by atoms with Gasteiger partial charge >= 0.3 is 0 Å². The number of hydrogen-bond donors (Lipinski definition) is 1. The molecule has 0 saturated carbocycles. The van der Waals surface area contributed by atoms with Gasteiger partial charge in [-0.1, -0.05) is 30.3 Å². The normalized spacial score (nSPS) is 16.2. The molecule has 0 radical (unpaired) electrons. The molecule has 1 saturated heterocycles. The molecule has 4 nitrogen and oxygen atoms in total. The Morgan fingerprint density at radius 2 is 1.95 bits per heavy atom. The lowest BCUT2D eigenvalue weighted by molar-refractivity contribution is -0.120. The van der Waals surface area contributed by atoms with Crippen molar-refractivity contribution in [2.45, 2.75) is 12.8 Å². The average molecular weight is 262 g/mol. The molecular weight excluding hydrogens is 240 g/mol. The van der Waals surface area contributed by atoms with Crippen molar-refractivity contribution in [3.63, 3.8) is 0 Å². The predicted octanol–water partition coefficient (Wildman–Crippen LogP) is 1.07. The maximum absolute atomic E-state index is 11.7. The number of nitrogens with zero attached hydrogens (tertiary/aromatic N) is 1. The van der Waals surface area contributed by atoms with Crippen molar-refractivity contribution in [1.29, 1.82) is 0 Å². The van der Waals surface area contributed by atoms with E-state index in [0.29, 0.717) is 6.42 Å². The van der Waals surface area contributed by atoms with Gasteiger partial charge in [-0.2, -0.15) is 0 Å². The van der Waals surface area contributed by atoms with Crippen molar-refractivity contribution >= 4 is 5.91 Å². The Hall–Kier alpha value is -1.39. The van der Waals surface area contributed by atoms with Crippen molar-refractivity contribution in [3.05, 3.63) is 35.9 Å². The van der Waals surface area contributed by atoms with E-state index in [-0.39, 0.29) is 5.91 Å². The molecule has 1 fully saturated rings. The largest absolute Gasteiger partial charge is 0.379 e. The molecule has 0 aliphatic carbocycles. The van der Waals surface area contributed by atoms with Crippen LogP contribution in [0.3, 0.4) is 0 Å². The molecule has 1 heterocycles. The number of carbonyl (C=O) groups is 1. The first-order valence-electron chi connectivity index (χ1n) is 6.95. The highest BCUT2D eigenvalue weighted by molar-refractivity contribution is 5.78. The lowest BCUT2D eigenvalue weighted by atomic mass is 10.1. The van der Waals surface area contributed by atoms with Crippen molar-refractivity contribution in [3.8, 4) is 0 Å². The SMILES string of the molecule is O=C(Cc1ccccc1)NCCCN1CCOCC1. The summed E-state index contributed by atoms with van der Waals surface area (Å²) in [6.07, 6.45) is 1.47. The van der Waals surface area contributed by atoms with E-state index in [9.17, 15) is 4.79 Å². The minimum absolute atomic E-state index is 0.105. The van der Waals surface area contributed by atoms with Gasteiger partial charge in [0, 0.05) is 19.6 Å². The van der Waals surface area contributed by atoms with E-state index < -0.39 is 0 Å². The maximum atomic E-state index is 11.7. The molecule has 0 bridgehead atoms. The number of amides is 1. The van der Waals surface area contributed by atoms with Crippen LogP contribution in [0.2, 0.25) is 0 Å². The number of rotatable bonds is 6. The summed E-state index contributed by atoms with van der Waals surface area (Å²) in [5, 5.41) is 2.97. The van der Waals surface area contributed by atoms with Gasteiger partial charge in [-0.15, -0.1) is 0 Å². The van der Waals surface area contributed by atoms with Gasteiger partial charge in [0.2, 0.25) is 5.91 Å². The zero-order valence-electron chi connectivity index (χ0n) is 11.3. The zero-order chi connectivity index (χ0) is 13.3. The fourth-order valence-electron chi connectivity index (χ4n) is 2.20. The first-order chi connectivity index (χ1) is 9.34. The van der Waals surface area contributed by atoms with Crippen LogP contribution < -0.4 is 5.32 Å². The topological polar surface area (TPSA) is 41.6 Å². The molecule has 0 spiro atoms. The molecule has 4 heteroatoms. The van der Waals surface area contributed by atoms with Crippen LogP contribution in [0, 0.1) is 0 Å². The summed E-state index contributed by atoms with van der Waals surface area (Å²) in [5.74, 6) is 0.105. The summed E-state index contributed by atoms with van der Waals surface area (Å²) >= 11 is 0. The Balaban J connectivity index is 1.56. The van der Waals surface area contributed by atoms with E-state index in [1.165, 1.54) is 0 Å². The fraction of sp³-hybridized carbons (Fsp3) is 0.533. The van der Waals surface area contributed by atoms with Crippen molar-refractivity contribution in [1.82, 2.24) is 10.2 Å². The average Bonchev–Trinajstić information content (AvgIpc) is 2.46. The Kier molecular flexibility index (Phi) is 5.85. The minimum Gasteiger partial charge on any atom is -0.379 e. The smallest absolute Gasteiger partial charge is 0.224 e. The third-order valence-corrected chi connectivity index (χ3v) is 3.28. The van der Waals surface area contributed by atoms with Crippen LogP contribution in [0.1, 0.15) is 12.0 Å². The molecule has 0 atom stereocenters. The van der Waals surface area contributed by atoms with Gasteiger partial charge in [0.1, 0.15) is 0 Å². The van der Waals surface area contributed by atoms with Gasteiger partial charge in [0.15, 0.2) is 0 Å². The summed E-state index contributed by atoms with van der Waals surface area (Å²) < 4.78 is 5.30. The molecule has 0 aromatic heterocycles. The van der Waals surface area contributed by atoms with Crippen LogP contribution in [-0.4, -0.2) is 50.2 Å². The molecule has 1 aromatic carbocycles. The van der Waals surface area contributed by atoms with E-state index >= 15 is 0 Å². The molecule has 1 aliphatic rings. The van der Waals surface area contributed by atoms with Gasteiger partial charge in [-0.05, 0) is 18.5 Å². The van der Waals surface area contributed by atoms with E-state index in [0.717, 1.165) is 51.4 Å². The van der Waals surface area contributed by atoms with Gasteiger partial charge < -0.3 is 10.1 Å².